The van der Waals surface area contributed by atoms with E-state index in [2.05, 4.69) is 18.3 Å². The van der Waals surface area contributed by atoms with Gasteiger partial charge in [0, 0.05) is 5.69 Å². The molecule has 1 N–H and O–H groups in total. The smallest absolute Gasteiger partial charge is 0.235 e. The Hall–Kier alpha value is -2.49. The normalized spacial score (nSPS) is 17.2. The molecule has 124 valence electrons. The van der Waals surface area contributed by atoms with Crippen LogP contribution in [0.5, 0.6) is 11.5 Å². The van der Waals surface area contributed by atoms with E-state index in [-0.39, 0.29) is 5.91 Å². The molecular weight excluding hydrogens is 302 g/mol. The van der Waals surface area contributed by atoms with Crippen LogP contribution in [-0.4, -0.2) is 19.1 Å². The van der Waals surface area contributed by atoms with E-state index in [0.717, 1.165) is 41.2 Å². The van der Waals surface area contributed by atoms with Gasteiger partial charge in [-0.3, -0.25) is 4.79 Å². The van der Waals surface area contributed by atoms with Crippen molar-refractivity contribution in [1.29, 1.82) is 0 Å². The summed E-state index contributed by atoms with van der Waals surface area (Å²) in [7, 11) is 0. The standard InChI is InChI=1S/C20H21NO3/c1-13-4-3-5-16(14(13)2)21-19(22)20(8-9-20)15-6-7-17-18(12-15)24-11-10-23-17/h3-7,12H,8-11H2,1-2H3,(H,21,22). The van der Waals surface area contributed by atoms with Crippen LogP contribution >= 0.6 is 0 Å². The highest BCUT2D eigenvalue weighted by Crippen LogP contribution is 2.51. The quantitative estimate of drug-likeness (QED) is 0.936. The molecule has 0 radical (unpaired) electrons. The van der Waals surface area contributed by atoms with Gasteiger partial charge in [0.2, 0.25) is 5.91 Å². The molecule has 1 heterocycles. The molecule has 0 aromatic heterocycles. The second-order valence-corrected chi connectivity index (χ2v) is 6.64. The fourth-order valence-electron chi connectivity index (χ4n) is 3.24. The van der Waals surface area contributed by atoms with Crippen molar-refractivity contribution in [3.05, 3.63) is 53.1 Å². The van der Waals surface area contributed by atoms with Gasteiger partial charge in [-0.1, -0.05) is 18.2 Å². The molecule has 0 bridgehead atoms. The summed E-state index contributed by atoms with van der Waals surface area (Å²) in [5, 5.41) is 3.12. The summed E-state index contributed by atoms with van der Waals surface area (Å²) >= 11 is 0. The number of amides is 1. The van der Waals surface area contributed by atoms with Crippen LogP contribution in [-0.2, 0) is 10.2 Å². The largest absolute Gasteiger partial charge is 0.486 e. The number of anilines is 1. The van der Waals surface area contributed by atoms with Gasteiger partial charge in [0.1, 0.15) is 13.2 Å². The lowest BCUT2D eigenvalue weighted by molar-refractivity contribution is -0.118. The van der Waals surface area contributed by atoms with E-state index in [9.17, 15) is 4.79 Å². The first kappa shape index (κ1) is 15.1. The van der Waals surface area contributed by atoms with Crippen LogP contribution in [0, 0.1) is 13.8 Å². The Balaban J connectivity index is 1.61. The van der Waals surface area contributed by atoms with Gasteiger partial charge < -0.3 is 14.8 Å². The number of carbonyl (C=O) groups is 1. The summed E-state index contributed by atoms with van der Waals surface area (Å²) in [5.74, 6) is 1.56. The lowest BCUT2D eigenvalue weighted by Crippen LogP contribution is -2.28. The van der Waals surface area contributed by atoms with Crippen LogP contribution in [0.2, 0.25) is 0 Å². The molecule has 0 unspecified atom stereocenters. The molecule has 1 fully saturated rings. The molecule has 4 rings (SSSR count). The van der Waals surface area contributed by atoms with Gasteiger partial charge in [0.25, 0.3) is 0 Å². The molecule has 1 aliphatic heterocycles. The van der Waals surface area contributed by atoms with E-state index in [1.54, 1.807) is 0 Å². The van der Waals surface area contributed by atoms with Crippen molar-refractivity contribution in [2.75, 3.05) is 18.5 Å². The van der Waals surface area contributed by atoms with E-state index >= 15 is 0 Å². The van der Waals surface area contributed by atoms with Crippen LogP contribution in [0.25, 0.3) is 0 Å². The highest BCUT2D eigenvalue weighted by atomic mass is 16.6. The fourth-order valence-corrected chi connectivity index (χ4v) is 3.24. The Morgan fingerprint density at radius 3 is 2.54 bits per heavy atom. The molecule has 0 atom stereocenters. The van der Waals surface area contributed by atoms with Gasteiger partial charge in [-0.2, -0.15) is 0 Å². The maximum absolute atomic E-state index is 12.9. The third-order valence-corrected chi connectivity index (χ3v) is 5.13. The fraction of sp³-hybridized carbons (Fsp3) is 0.350. The number of fused-ring (bicyclic) bond motifs is 1. The minimum absolute atomic E-state index is 0.0628. The zero-order valence-corrected chi connectivity index (χ0v) is 14.0. The van der Waals surface area contributed by atoms with Crippen molar-refractivity contribution >= 4 is 11.6 Å². The monoisotopic (exact) mass is 323 g/mol. The first-order valence-electron chi connectivity index (χ1n) is 8.38. The van der Waals surface area contributed by atoms with E-state index in [0.29, 0.717) is 13.2 Å². The van der Waals surface area contributed by atoms with Gasteiger partial charge in [0.05, 0.1) is 5.41 Å². The van der Waals surface area contributed by atoms with Gasteiger partial charge in [-0.15, -0.1) is 0 Å². The Kier molecular flexibility index (Phi) is 3.48. The maximum atomic E-state index is 12.9. The number of nitrogens with one attached hydrogen (secondary N) is 1. The van der Waals surface area contributed by atoms with E-state index < -0.39 is 5.41 Å². The lowest BCUT2D eigenvalue weighted by atomic mass is 9.94. The van der Waals surface area contributed by atoms with E-state index in [1.807, 2.05) is 37.3 Å². The minimum atomic E-state index is -0.438. The molecule has 2 aromatic rings. The molecule has 4 nitrogen and oxygen atoms in total. The number of ether oxygens (including phenoxy) is 2. The number of rotatable bonds is 3. The van der Waals surface area contributed by atoms with Crippen molar-refractivity contribution < 1.29 is 14.3 Å². The SMILES string of the molecule is Cc1cccc(NC(=O)C2(c3ccc4c(c3)OCCO4)CC2)c1C. The summed E-state index contributed by atoms with van der Waals surface area (Å²) in [5.41, 5.74) is 3.76. The topological polar surface area (TPSA) is 47.6 Å². The van der Waals surface area contributed by atoms with Crippen molar-refractivity contribution in [3.63, 3.8) is 0 Å². The Morgan fingerprint density at radius 2 is 1.79 bits per heavy atom. The first-order valence-corrected chi connectivity index (χ1v) is 8.38. The third kappa shape index (κ3) is 2.42. The Bertz CT molecular complexity index is 809. The molecule has 4 heteroatoms. The molecule has 1 amide bonds. The lowest BCUT2D eigenvalue weighted by Gasteiger charge is -2.22. The second-order valence-electron chi connectivity index (χ2n) is 6.64. The Labute approximate surface area is 141 Å². The van der Waals surface area contributed by atoms with Crippen LogP contribution < -0.4 is 14.8 Å². The van der Waals surface area contributed by atoms with Crippen molar-refractivity contribution in [1.82, 2.24) is 0 Å². The van der Waals surface area contributed by atoms with E-state index in [4.69, 9.17) is 9.47 Å². The average molecular weight is 323 g/mol. The molecule has 0 spiro atoms. The molecular formula is C20H21NO3. The zero-order chi connectivity index (χ0) is 16.7. The summed E-state index contributed by atoms with van der Waals surface area (Å²) in [6, 6.07) is 11.9. The number of hydrogen-bond acceptors (Lipinski definition) is 3. The number of carbonyl (C=O) groups excluding carboxylic acids is 1. The molecule has 2 aliphatic rings. The highest BCUT2D eigenvalue weighted by molar-refractivity contribution is 6.02. The van der Waals surface area contributed by atoms with E-state index in [1.165, 1.54) is 5.56 Å². The molecule has 1 saturated carbocycles. The maximum Gasteiger partial charge on any atom is 0.235 e. The summed E-state index contributed by atoms with van der Waals surface area (Å²) in [6.07, 6.45) is 1.73. The van der Waals surface area contributed by atoms with Crippen molar-refractivity contribution in [2.24, 2.45) is 0 Å². The van der Waals surface area contributed by atoms with Crippen LogP contribution in [0.4, 0.5) is 5.69 Å². The average Bonchev–Trinajstić information content (AvgIpc) is 3.40. The number of hydrogen-bond donors (Lipinski definition) is 1. The van der Waals surface area contributed by atoms with Crippen LogP contribution in [0.1, 0.15) is 29.5 Å². The van der Waals surface area contributed by atoms with Gasteiger partial charge in [-0.05, 0) is 61.6 Å². The predicted molar refractivity (Wildman–Crippen MR) is 92.9 cm³/mol. The van der Waals surface area contributed by atoms with Crippen molar-refractivity contribution in [2.45, 2.75) is 32.1 Å². The molecule has 0 saturated heterocycles. The van der Waals surface area contributed by atoms with Gasteiger partial charge >= 0.3 is 0 Å². The van der Waals surface area contributed by atoms with Crippen LogP contribution in [0.3, 0.4) is 0 Å². The second kappa shape index (κ2) is 5.55. The molecule has 24 heavy (non-hydrogen) atoms. The summed E-state index contributed by atoms with van der Waals surface area (Å²) in [6.45, 7) is 5.22. The summed E-state index contributed by atoms with van der Waals surface area (Å²) in [4.78, 5) is 12.9. The van der Waals surface area contributed by atoms with Crippen molar-refractivity contribution in [3.8, 4) is 11.5 Å². The number of aryl methyl sites for hydroxylation is 1. The molecule has 2 aromatic carbocycles. The summed E-state index contributed by atoms with van der Waals surface area (Å²) < 4.78 is 11.2. The minimum Gasteiger partial charge on any atom is -0.486 e. The number of benzene rings is 2. The molecule has 1 aliphatic carbocycles. The van der Waals surface area contributed by atoms with Crippen LogP contribution in [0.15, 0.2) is 36.4 Å². The van der Waals surface area contributed by atoms with Gasteiger partial charge in [0.15, 0.2) is 11.5 Å². The zero-order valence-electron chi connectivity index (χ0n) is 14.0. The third-order valence-electron chi connectivity index (χ3n) is 5.13. The first-order chi connectivity index (χ1) is 11.6. The Morgan fingerprint density at radius 1 is 1.04 bits per heavy atom. The highest BCUT2D eigenvalue weighted by Gasteiger charge is 2.51. The predicted octanol–water partition coefficient (Wildman–Crippen LogP) is 3.74. The van der Waals surface area contributed by atoms with Gasteiger partial charge in [-0.25, -0.2) is 0 Å².